The Hall–Kier alpha value is -0.120. The van der Waals surface area contributed by atoms with Gasteiger partial charge in [0.1, 0.15) is 6.23 Å². The SMILES string of the molecule is CN1CCC2CNC(O)C2C1. The molecule has 0 amide bonds. The van der Waals surface area contributed by atoms with Crippen molar-refractivity contribution in [2.45, 2.75) is 12.6 Å². The maximum atomic E-state index is 9.50. The monoisotopic (exact) mass is 156 g/mol. The fraction of sp³-hybridized carbons (Fsp3) is 1.00. The van der Waals surface area contributed by atoms with Crippen LogP contribution in [0.4, 0.5) is 0 Å². The van der Waals surface area contributed by atoms with Gasteiger partial charge in [0, 0.05) is 19.0 Å². The molecule has 2 N–H and O–H groups in total. The van der Waals surface area contributed by atoms with Crippen LogP contribution in [0.25, 0.3) is 0 Å². The van der Waals surface area contributed by atoms with Crippen LogP contribution >= 0.6 is 0 Å². The summed E-state index contributed by atoms with van der Waals surface area (Å²) in [6, 6.07) is 0. The van der Waals surface area contributed by atoms with Crippen molar-refractivity contribution in [3.63, 3.8) is 0 Å². The molecule has 0 bridgehead atoms. The lowest BCUT2D eigenvalue weighted by Crippen LogP contribution is -2.40. The summed E-state index contributed by atoms with van der Waals surface area (Å²) in [6.07, 6.45) is 0.994. The highest BCUT2D eigenvalue weighted by Gasteiger charge is 2.37. The van der Waals surface area contributed by atoms with Gasteiger partial charge in [0.05, 0.1) is 0 Å². The molecule has 64 valence electrons. The van der Waals surface area contributed by atoms with Crippen molar-refractivity contribution in [3.8, 4) is 0 Å². The first-order valence-electron chi connectivity index (χ1n) is 4.37. The van der Waals surface area contributed by atoms with Gasteiger partial charge in [0.25, 0.3) is 0 Å². The van der Waals surface area contributed by atoms with Gasteiger partial charge in [-0.1, -0.05) is 0 Å². The minimum atomic E-state index is -0.247. The molecule has 2 aliphatic heterocycles. The molecule has 0 aromatic carbocycles. The number of hydrogen-bond donors (Lipinski definition) is 2. The zero-order chi connectivity index (χ0) is 7.84. The first-order valence-corrected chi connectivity index (χ1v) is 4.37. The summed E-state index contributed by atoms with van der Waals surface area (Å²) in [6.45, 7) is 3.26. The van der Waals surface area contributed by atoms with Gasteiger partial charge in [0.15, 0.2) is 0 Å². The van der Waals surface area contributed by atoms with Crippen LogP contribution in [0.1, 0.15) is 6.42 Å². The molecule has 2 heterocycles. The molecule has 0 radical (unpaired) electrons. The summed E-state index contributed by atoms with van der Waals surface area (Å²) in [5.74, 6) is 1.20. The molecule has 0 aromatic rings. The second kappa shape index (κ2) is 2.73. The number of aliphatic hydroxyl groups excluding tert-OH is 1. The van der Waals surface area contributed by atoms with Crippen LogP contribution in [-0.2, 0) is 0 Å². The molecular formula is C8H16N2O. The third-order valence-electron chi connectivity index (χ3n) is 3.00. The third-order valence-corrected chi connectivity index (χ3v) is 3.00. The molecule has 0 aliphatic carbocycles. The molecule has 2 rings (SSSR count). The molecule has 2 saturated heterocycles. The van der Waals surface area contributed by atoms with Crippen LogP contribution in [-0.4, -0.2) is 42.9 Å². The predicted molar refractivity (Wildman–Crippen MR) is 43.1 cm³/mol. The Balaban J connectivity index is 2.01. The largest absolute Gasteiger partial charge is 0.378 e. The number of piperidine rings is 1. The highest BCUT2D eigenvalue weighted by molar-refractivity contribution is 4.89. The maximum absolute atomic E-state index is 9.50. The minimum Gasteiger partial charge on any atom is -0.378 e. The zero-order valence-corrected chi connectivity index (χ0v) is 6.95. The van der Waals surface area contributed by atoms with Gasteiger partial charge in [-0.15, -0.1) is 0 Å². The van der Waals surface area contributed by atoms with Gasteiger partial charge < -0.3 is 10.0 Å². The van der Waals surface area contributed by atoms with E-state index in [9.17, 15) is 5.11 Å². The summed E-state index contributed by atoms with van der Waals surface area (Å²) in [5, 5.41) is 12.6. The Bertz CT molecular complexity index is 151. The number of aliphatic hydroxyl groups is 1. The minimum absolute atomic E-state index is 0.247. The average Bonchev–Trinajstić information content (AvgIpc) is 2.33. The van der Waals surface area contributed by atoms with Crippen molar-refractivity contribution in [2.75, 3.05) is 26.7 Å². The zero-order valence-electron chi connectivity index (χ0n) is 6.95. The standard InChI is InChI=1S/C8H16N2O/c1-10-3-2-6-4-9-8(11)7(6)5-10/h6-9,11H,2-5H2,1H3. The van der Waals surface area contributed by atoms with Gasteiger partial charge >= 0.3 is 0 Å². The third kappa shape index (κ3) is 1.28. The van der Waals surface area contributed by atoms with Crippen molar-refractivity contribution in [2.24, 2.45) is 11.8 Å². The lowest BCUT2D eigenvalue weighted by Gasteiger charge is -2.32. The highest BCUT2D eigenvalue weighted by Crippen LogP contribution is 2.28. The van der Waals surface area contributed by atoms with E-state index in [0.29, 0.717) is 5.92 Å². The molecular weight excluding hydrogens is 140 g/mol. The smallest absolute Gasteiger partial charge is 0.109 e. The summed E-state index contributed by atoms with van der Waals surface area (Å²) < 4.78 is 0. The van der Waals surface area contributed by atoms with E-state index in [1.807, 2.05) is 0 Å². The van der Waals surface area contributed by atoms with Crippen LogP contribution in [0.15, 0.2) is 0 Å². The molecule has 2 fully saturated rings. The Morgan fingerprint density at radius 2 is 2.36 bits per heavy atom. The summed E-state index contributed by atoms with van der Waals surface area (Å²) in [4.78, 5) is 2.30. The van der Waals surface area contributed by atoms with E-state index in [4.69, 9.17) is 0 Å². The molecule has 0 saturated carbocycles. The Morgan fingerprint density at radius 3 is 3.18 bits per heavy atom. The Kier molecular flexibility index (Phi) is 1.87. The van der Waals surface area contributed by atoms with Crippen LogP contribution in [0.3, 0.4) is 0 Å². The summed E-state index contributed by atoms with van der Waals surface area (Å²) >= 11 is 0. The van der Waals surface area contributed by atoms with Crippen molar-refractivity contribution >= 4 is 0 Å². The number of rotatable bonds is 0. The van der Waals surface area contributed by atoms with E-state index in [-0.39, 0.29) is 6.23 Å². The number of nitrogens with one attached hydrogen (secondary N) is 1. The van der Waals surface area contributed by atoms with Crippen LogP contribution in [0.5, 0.6) is 0 Å². The molecule has 3 heteroatoms. The molecule has 3 nitrogen and oxygen atoms in total. The fourth-order valence-corrected chi connectivity index (χ4v) is 2.24. The second-order valence-electron chi connectivity index (χ2n) is 3.83. The van der Waals surface area contributed by atoms with Crippen LogP contribution in [0, 0.1) is 11.8 Å². The number of fused-ring (bicyclic) bond motifs is 1. The van der Waals surface area contributed by atoms with Gasteiger partial charge in [-0.05, 0) is 25.9 Å². The van der Waals surface area contributed by atoms with E-state index in [0.717, 1.165) is 19.0 Å². The molecule has 11 heavy (non-hydrogen) atoms. The molecule has 3 unspecified atom stereocenters. The predicted octanol–water partition coefficient (Wildman–Crippen LogP) is -0.524. The van der Waals surface area contributed by atoms with Gasteiger partial charge in [-0.25, -0.2) is 0 Å². The maximum Gasteiger partial charge on any atom is 0.109 e. The normalized spacial score (nSPS) is 45.8. The van der Waals surface area contributed by atoms with E-state index in [1.54, 1.807) is 0 Å². The molecule has 0 aromatic heterocycles. The number of nitrogens with zero attached hydrogens (tertiary/aromatic N) is 1. The molecule has 2 aliphatic rings. The average molecular weight is 156 g/mol. The quantitative estimate of drug-likeness (QED) is 0.495. The topological polar surface area (TPSA) is 35.5 Å². The number of hydrogen-bond acceptors (Lipinski definition) is 3. The van der Waals surface area contributed by atoms with Gasteiger partial charge in [-0.3, -0.25) is 5.32 Å². The van der Waals surface area contributed by atoms with E-state index < -0.39 is 0 Å². The van der Waals surface area contributed by atoms with E-state index in [2.05, 4.69) is 17.3 Å². The summed E-state index contributed by atoms with van der Waals surface area (Å²) in [5.41, 5.74) is 0. The number of likely N-dealkylation sites (tertiary alicyclic amines) is 1. The van der Waals surface area contributed by atoms with Crippen molar-refractivity contribution in [1.29, 1.82) is 0 Å². The Morgan fingerprint density at radius 1 is 1.55 bits per heavy atom. The molecule has 0 spiro atoms. The van der Waals surface area contributed by atoms with Crippen molar-refractivity contribution in [1.82, 2.24) is 10.2 Å². The first kappa shape index (κ1) is 7.53. The summed E-state index contributed by atoms with van der Waals surface area (Å²) in [7, 11) is 2.13. The van der Waals surface area contributed by atoms with E-state index in [1.165, 1.54) is 13.0 Å². The molecule has 3 atom stereocenters. The Labute approximate surface area is 67.4 Å². The van der Waals surface area contributed by atoms with Gasteiger partial charge in [0.2, 0.25) is 0 Å². The lowest BCUT2D eigenvalue weighted by atomic mass is 9.88. The first-order chi connectivity index (χ1) is 5.27. The highest BCUT2D eigenvalue weighted by atomic mass is 16.3. The van der Waals surface area contributed by atoms with Crippen molar-refractivity contribution in [3.05, 3.63) is 0 Å². The van der Waals surface area contributed by atoms with Crippen LogP contribution < -0.4 is 5.32 Å². The van der Waals surface area contributed by atoms with Gasteiger partial charge in [-0.2, -0.15) is 0 Å². The lowest BCUT2D eigenvalue weighted by molar-refractivity contribution is 0.0564. The second-order valence-corrected chi connectivity index (χ2v) is 3.83. The van der Waals surface area contributed by atoms with E-state index >= 15 is 0 Å². The van der Waals surface area contributed by atoms with Crippen LogP contribution in [0.2, 0.25) is 0 Å². The fourth-order valence-electron chi connectivity index (χ4n) is 2.24. The van der Waals surface area contributed by atoms with Crippen molar-refractivity contribution < 1.29 is 5.11 Å².